The van der Waals surface area contributed by atoms with Crippen LogP contribution in [0.4, 0.5) is 0 Å². The molecule has 0 saturated heterocycles. The third-order valence-corrected chi connectivity index (χ3v) is 2.11. The summed E-state index contributed by atoms with van der Waals surface area (Å²) < 4.78 is 0. The minimum Gasteiger partial charge on any atom is -0.299 e. The molecule has 0 aromatic heterocycles. The Labute approximate surface area is 99.3 Å². The second-order valence-electron chi connectivity index (χ2n) is 3.57. The Morgan fingerprint density at radius 3 is 2.00 bits per heavy atom. The Bertz CT molecular complexity index is 257. The average molecular weight is 218 g/mol. The fourth-order valence-electron chi connectivity index (χ4n) is 1.23. The lowest BCUT2D eigenvalue weighted by Gasteiger charge is -1.92. The standard InChI is InChI=1S/C15H22O/c1-2-3-4-5-6-7-8-9-10-11-12-13-14-15-16/h7-15H,2-6H2,1H3. The van der Waals surface area contributed by atoms with Gasteiger partial charge in [0, 0.05) is 0 Å². The summed E-state index contributed by atoms with van der Waals surface area (Å²) in [6, 6.07) is 0. The van der Waals surface area contributed by atoms with Crippen LogP contribution in [0.25, 0.3) is 0 Å². The zero-order valence-corrected chi connectivity index (χ0v) is 10.1. The van der Waals surface area contributed by atoms with E-state index in [1.807, 2.05) is 24.3 Å². The average Bonchev–Trinajstić information content (AvgIpc) is 2.31. The Hall–Kier alpha value is -1.37. The third-order valence-electron chi connectivity index (χ3n) is 2.11. The number of carbonyl (C=O) groups is 1. The highest BCUT2D eigenvalue weighted by Gasteiger charge is 1.82. The summed E-state index contributed by atoms with van der Waals surface area (Å²) in [7, 11) is 0. The van der Waals surface area contributed by atoms with E-state index >= 15 is 0 Å². The summed E-state index contributed by atoms with van der Waals surface area (Å²) in [6.07, 6.45) is 22.3. The number of rotatable bonds is 9. The molecular weight excluding hydrogens is 196 g/mol. The van der Waals surface area contributed by atoms with Crippen molar-refractivity contribution in [3.05, 3.63) is 48.6 Å². The van der Waals surface area contributed by atoms with Gasteiger partial charge in [0.05, 0.1) is 0 Å². The van der Waals surface area contributed by atoms with E-state index in [1.165, 1.54) is 38.2 Å². The Balaban J connectivity index is 3.44. The van der Waals surface area contributed by atoms with Gasteiger partial charge >= 0.3 is 0 Å². The van der Waals surface area contributed by atoms with Gasteiger partial charge in [0.25, 0.3) is 0 Å². The molecule has 0 radical (unpaired) electrons. The monoisotopic (exact) mass is 218 g/mol. The summed E-state index contributed by atoms with van der Waals surface area (Å²) in [5, 5.41) is 0. The third kappa shape index (κ3) is 12.6. The lowest BCUT2D eigenvalue weighted by Crippen LogP contribution is -1.72. The van der Waals surface area contributed by atoms with Gasteiger partial charge < -0.3 is 0 Å². The number of allylic oxidation sites excluding steroid dienone is 8. The molecule has 0 aliphatic carbocycles. The second-order valence-corrected chi connectivity index (χ2v) is 3.57. The molecule has 1 nitrogen and oxygen atoms in total. The van der Waals surface area contributed by atoms with Crippen LogP contribution in [0, 0.1) is 0 Å². The predicted molar refractivity (Wildman–Crippen MR) is 71.4 cm³/mol. The van der Waals surface area contributed by atoms with Gasteiger partial charge in [-0.15, -0.1) is 0 Å². The van der Waals surface area contributed by atoms with E-state index in [9.17, 15) is 4.79 Å². The van der Waals surface area contributed by atoms with Crippen molar-refractivity contribution in [3.8, 4) is 0 Å². The van der Waals surface area contributed by atoms with Gasteiger partial charge in [-0.1, -0.05) is 68.7 Å². The molecule has 0 saturated carbocycles. The number of aldehydes is 1. The lowest BCUT2D eigenvalue weighted by atomic mass is 10.1. The first-order chi connectivity index (χ1) is 7.91. The topological polar surface area (TPSA) is 17.1 Å². The molecule has 0 spiro atoms. The van der Waals surface area contributed by atoms with Gasteiger partial charge in [-0.05, 0) is 18.9 Å². The first-order valence-corrected chi connectivity index (χ1v) is 6.02. The number of carbonyl (C=O) groups excluding carboxylic acids is 1. The van der Waals surface area contributed by atoms with Crippen molar-refractivity contribution >= 4 is 6.29 Å². The van der Waals surface area contributed by atoms with Crippen molar-refractivity contribution in [2.75, 3.05) is 0 Å². The molecule has 0 aliphatic rings. The molecule has 0 aliphatic heterocycles. The van der Waals surface area contributed by atoms with Crippen LogP contribution >= 0.6 is 0 Å². The van der Waals surface area contributed by atoms with Crippen LogP contribution in [-0.4, -0.2) is 6.29 Å². The van der Waals surface area contributed by atoms with Crippen molar-refractivity contribution in [1.82, 2.24) is 0 Å². The molecule has 0 aromatic carbocycles. The van der Waals surface area contributed by atoms with E-state index in [0.717, 1.165) is 6.29 Å². The van der Waals surface area contributed by atoms with E-state index in [0.29, 0.717) is 0 Å². The van der Waals surface area contributed by atoms with Crippen LogP contribution < -0.4 is 0 Å². The van der Waals surface area contributed by atoms with Crippen LogP contribution in [0.15, 0.2) is 48.6 Å². The van der Waals surface area contributed by atoms with Crippen molar-refractivity contribution in [1.29, 1.82) is 0 Å². The van der Waals surface area contributed by atoms with E-state index < -0.39 is 0 Å². The molecule has 0 N–H and O–H groups in total. The van der Waals surface area contributed by atoms with Gasteiger partial charge in [-0.2, -0.15) is 0 Å². The molecule has 0 amide bonds. The van der Waals surface area contributed by atoms with Gasteiger partial charge in [0.15, 0.2) is 0 Å². The summed E-state index contributed by atoms with van der Waals surface area (Å²) in [5.74, 6) is 0. The molecule has 1 heteroatoms. The molecule has 0 unspecified atom stereocenters. The molecule has 0 atom stereocenters. The van der Waals surface area contributed by atoms with Crippen molar-refractivity contribution in [2.45, 2.75) is 39.0 Å². The largest absolute Gasteiger partial charge is 0.299 e. The van der Waals surface area contributed by atoms with E-state index in [4.69, 9.17) is 0 Å². The normalized spacial score (nSPS) is 12.6. The molecule has 88 valence electrons. The fraction of sp³-hybridized carbons (Fsp3) is 0.400. The minimum absolute atomic E-state index is 0.768. The van der Waals surface area contributed by atoms with Crippen LogP contribution in [0.3, 0.4) is 0 Å². The minimum atomic E-state index is 0.768. The highest BCUT2D eigenvalue weighted by Crippen LogP contribution is 2.02. The molecular formula is C15H22O. The predicted octanol–water partition coefficient (Wildman–Crippen LogP) is 4.38. The van der Waals surface area contributed by atoms with E-state index in [2.05, 4.69) is 19.1 Å². The zero-order chi connectivity index (χ0) is 11.9. The maximum absolute atomic E-state index is 9.94. The zero-order valence-electron chi connectivity index (χ0n) is 10.1. The van der Waals surface area contributed by atoms with Crippen molar-refractivity contribution < 1.29 is 4.79 Å². The Morgan fingerprint density at radius 2 is 1.38 bits per heavy atom. The van der Waals surface area contributed by atoms with Crippen LogP contribution in [0.1, 0.15) is 39.0 Å². The number of unbranched alkanes of at least 4 members (excludes halogenated alkanes) is 4. The maximum atomic E-state index is 9.94. The highest BCUT2D eigenvalue weighted by atomic mass is 16.1. The van der Waals surface area contributed by atoms with Crippen molar-refractivity contribution in [3.63, 3.8) is 0 Å². The molecule has 0 heterocycles. The highest BCUT2D eigenvalue weighted by molar-refractivity contribution is 5.65. The quantitative estimate of drug-likeness (QED) is 0.243. The number of hydrogen-bond acceptors (Lipinski definition) is 1. The fourth-order valence-corrected chi connectivity index (χ4v) is 1.23. The second kappa shape index (κ2) is 13.6. The van der Waals surface area contributed by atoms with Gasteiger partial charge in [0.2, 0.25) is 0 Å². The molecule has 0 aromatic rings. The molecule has 0 rings (SSSR count). The van der Waals surface area contributed by atoms with Crippen LogP contribution in [-0.2, 0) is 4.79 Å². The van der Waals surface area contributed by atoms with E-state index in [1.54, 1.807) is 6.08 Å². The molecule has 16 heavy (non-hydrogen) atoms. The Kier molecular flexibility index (Phi) is 12.5. The summed E-state index contributed by atoms with van der Waals surface area (Å²) in [6.45, 7) is 2.23. The first-order valence-electron chi connectivity index (χ1n) is 6.02. The van der Waals surface area contributed by atoms with Gasteiger partial charge in [0.1, 0.15) is 6.29 Å². The van der Waals surface area contributed by atoms with Gasteiger partial charge in [-0.3, -0.25) is 4.79 Å². The van der Waals surface area contributed by atoms with Crippen LogP contribution in [0.5, 0.6) is 0 Å². The van der Waals surface area contributed by atoms with Crippen LogP contribution in [0.2, 0.25) is 0 Å². The number of hydrogen-bond donors (Lipinski definition) is 0. The van der Waals surface area contributed by atoms with E-state index in [-0.39, 0.29) is 0 Å². The molecule has 0 bridgehead atoms. The maximum Gasteiger partial charge on any atom is 0.142 e. The molecule has 0 fully saturated rings. The first kappa shape index (κ1) is 14.6. The summed E-state index contributed by atoms with van der Waals surface area (Å²) in [4.78, 5) is 9.94. The van der Waals surface area contributed by atoms with Gasteiger partial charge in [-0.25, -0.2) is 0 Å². The SMILES string of the molecule is CCCCCCC=CC=CC=CC=CC=O. The summed E-state index contributed by atoms with van der Waals surface area (Å²) in [5.41, 5.74) is 0. The smallest absolute Gasteiger partial charge is 0.142 e. The Morgan fingerprint density at radius 1 is 0.750 bits per heavy atom. The lowest BCUT2D eigenvalue weighted by molar-refractivity contribution is -0.104. The van der Waals surface area contributed by atoms with Crippen molar-refractivity contribution in [2.24, 2.45) is 0 Å². The summed E-state index contributed by atoms with van der Waals surface area (Å²) >= 11 is 0.